The van der Waals surface area contributed by atoms with Gasteiger partial charge in [-0.3, -0.25) is 10.1 Å². The molecule has 0 saturated heterocycles. The van der Waals surface area contributed by atoms with Gasteiger partial charge in [0.2, 0.25) is 11.5 Å². The highest BCUT2D eigenvalue weighted by molar-refractivity contribution is 5.70. The molecule has 0 saturated carbocycles. The molecule has 6 aromatic carbocycles. The van der Waals surface area contributed by atoms with Gasteiger partial charge in [0.25, 0.3) is 5.69 Å². The van der Waals surface area contributed by atoms with E-state index in [9.17, 15) is 37.3 Å². The first-order valence-electron chi connectivity index (χ1n) is 23.1. The standard InChI is InChI=1S/C27H27F2N3O5.C27H29F2N3O3/c1-27(2,3)37-26(33)31(19-12-17-6-4-5-7-18(17)13-19)15-16-8-10-20(11-9-16)36-25-21(28)14-22(32(34)35)24(30)23(25)29;1-27(2,3)35-26(33)32(19-12-17-6-4-5-7-18(17)13-19)15-16-8-10-20(11-9-16)34-25-21(28)14-22(30)24(31)23(25)29/h4-11,14,19H,12-13,15,30H2,1-3H3;4-11,14,19H,12-13,15,30-31H2,1-3H3. The fraction of sp³-hybridized carbons (Fsp3) is 0.296. The molecule has 14 nitrogen and oxygen atoms in total. The molecule has 0 aliphatic heterocycles. The second-order valence-electron chi connectivity index (χ2n) is 19.6. The number of nitrogens with zero attached hydrogens (tertiary/aromatic N) is 3. The molecule has 0 spiro atoms. The summed E-state index contributed by atoms with van der Waals surface area (Å²) < 4.78 is 79.4. The second-order valence-corrected chi connectivity index (χ2v) is 19.6. The predicted octanol–water partition coefficient (Wildman–Crippen LogP) is 12.0. The number of amides is 2. The van der Waals surface area contributed by atoms with Crippen LogP contribution in [0, 0.1) is 33.4 Å². The molecule has 0 aromatic heterocycles. The van der Waals surface area contributed by atoms with Gasteiger partial charge in [-0.1, -0.05) is 72.8 Å². The maximum Gasteiger partial charge on any atom is 0.410 e. The summed E-state index contributed by atoms with van der Waals surface area (Å²) in [5.41, 5.74) is 19.3. The minimum absolute atomic E-state index is 0.0425. The minimum Gasteiger partial charge on any atom is -0.451 e. The van der Waals surface area contributed by atoms with E-state index in [1.54, 1.807) is 46.2 Å². The van der Waals surface area contributed by atoms with E-state index in [0.29, 0.717) is 25.5 Å². The number of hydrogen-bond donors (Lipinski definition) is 3. The molecule has 2 amide bonds. The molecule has 378 valence electrons. The lowest BCUT2D eigenvalue weighted by atomic mass is 10.1. The molecule has 2 aliphatic rings. The molecule has 0 radical (unpaired) electrons. The lowest BCUT2D eigenvalue weighted by Gasteiger charge is -2.31. The Bertz CT molecular complexity index is 2930. The van der Waals surface area contributed by atoms with E-state index in [1.165, 1.54) is 34.4 Å². The molecule has 0 fully saturated rings. The van der Waals surface area contributed by atoms with Gasteiger partial charge >= 0.3 is 12.2 Å². The molecule has 72 heavy (non-hydrogen) atoms. The van der Waals surface area contributed by atoms with E-state index in [4.69, 9.17) is 36.1 Å². The van der Waals surface area contributed by atoms with Gasteiger partial charge in [0.05, 0.1) is 22.4 Å². The van der Waals surface area contributed by atoms with E-state index < -0.39 is 74.5 Å². The van der Waals surface area contributed by atoms with Crippen LogP contribution in [0.15, 0.2) is 109 Å². The highest BCUT2D eigenvalue weighted by Gasteiger charge is 2.35. The number of nitrogen functional groups attached to an aromatic ring is 3. The zero-order valence-electron chi connectivity index (χ0n) is 40.6. The van der Waals surface area contributed by atoms with Crippen molar-refractivity contribution in [2.45, 2.75) is 104 Å². The van der Waals surface area contributed by atoms with Gasteiger partial charge in [0, 0.05) is 31.2 Å². The van der Waals surface area contributed by atoms with Crippen molar-refractivity contribution in [2.75, 3.05) is 17.2 Å². The SMILES string of the molecule is CC(C)(C)OC(=O)N(Cc1ccc(Oc2c(F)cc(N)c(N)c2F)cc1)C1Cc2ccccc2C1.CC(C)(C)OC(=O)N(Cc1ccc(Oc2c(F)cc([N+](=O)[O-])c(N)c2F)cc1)C1Cc2ccccc2C1. The van der Waals surface area contributed by atoms with E-state index in [1.807, 2.05) is 65.8 Å². The molecular weight excluding hydrogens is 937 g/mol. The number of halogens is 4. The Labute approximate surface area is 414 Å². The molecule has 0 atom stereocenters. The Morgan fingerprint density at radius 1 is 0.583 bits per heavy atom. The second kappa shape index (κ2) is 21.1. The van der Waals surface area contributed by atoms with Crippen molar-refractivity contribution in [2.24, 2.45) is 0 Å². The third kappa shape index (κ3) is 12.5. The summed E-state index contributed by atoms with van der Waals surface area (Å²) in [7, 11) is 0. The summed E-state index contributed by atoms with van der Waals surface area (Å²) in [5, 5.41) is 10.9. The zero-order valence-corrected chi connectivity index (χ0v) is 40.6. The average molecular weight is 993 g/mol. The average Bonchev–Trinajstić information content (AvgIpc) is 3.95. The fourth-order valence-electron chi connectivity index (χ4n) is 8.37. The van der Waals surface area contributed by atoms with Crippen LogP contribution in [-0.2, 0) is 48.2 Å². The van der Waals surface area contributed by atoms with Gasteiger partial charge in [-0.2, -0.15) is 0 Å². The monoisotopic (exact) mass is 992 g/mol. The first-order valence-corrected chi connectivity index (χ1v) is 23.1. The maximum atomic E-state index is 14.5. The number of rotatable bonds is 11. The molecule has 0 unspecified atom stereocenters. The van der Waals surface area contributed by atoms with Crippen molar-refractivity contribution in [1.29, 1.82) is 0 Å². The van der Waals surface area contributed by atoms with Crippen LogP contribution in [0.1, 0.15) is 74.9 Å². The Morgan fingerprint density at radius 2 is 0.931 bits per heavy atom. The molecule has 6 aromatic rings. The van der Waals surface area contributed by atoms with E-state index in [0.717, 1.165) is 30.0 Å². The Balaban J connectivity index is 0.000000212. The molecular formula is C54H56F4N6O8. The Hall–Kier alpha value is -8.02. The maximum absolute atomic E-state index is 14.5. The Kier molecular flexibility index (Phi) is 15.2. The van der Waals surface area contributed by atoms with Crippen LogP contribution in [0.25, 0.3) is 0 Å². The summed E-state index contributed by atoms with van der Waals surface area (Å²) >= 11 is 0. The van der Waals surface area contributed by atoms with Gasteiger partial charge in [0.15, 0.2) is 29.0 Å². The first-order chi connectivity index (χ1) is 33.9. The fourth-order valence-corrected chi connectivity index (χ4v) is 8.37. The van der Waals surface area contributed by atoms with Gasteiger partial charge in [-0.05, 0) is 125 Å². The predicted molar refractivity (Wildman–Crippen MR) is 264 cm³/mol. The molecule has 0 heterocycles. The number of nitro benzene ring substituents is 1. The van der Waals surface area contributed by atoms with Crippen molar-refractivity contribution in [1.82, 2.24) is 9.80 Å². The van der Waals surface area contributed by atoms with Crippen molar-refractivity contribution in [3.05, 3.63) is 176 Å². The van der Waals surface area contributed by atoms with Crippen LogP contribution in [-0.4, -0.2) is 50.2 Å². The van der Waals surface area contributed by atoms with Crippen LogP contribution in [0.4, 0.5) is 49.9 Å². The van der Waals surface area contributed by atoms with Crippen LogP contribution < -0.4 is 26.7 Å². The Morgan fingerprint density at radius 3 is 1.28 bits per heavy atom. The van der Waals surface area contributed by atoms with Crippen molar-refractivity contribution in [3.8, 4) is 23.0 Å². The number of nitro groups is 1. The third-order valence-electron chi connectivity index (χ3n) is 11.8. The van der Waals surface area contributed by atoms with Gasteiger partial charge in [-0.25, -0.2) is 27.2 Å². The van der Waals surface area contributed by atoms with Gasteiger partial charge in [-0.15, -0.1) is 0 Å². The van der Waals surface area contributed by atoms with Gasteiger partial charge < -0.3 is 45.9 Å². The summed E-state index contributed by atoms with van der Waals surface area (Å²) in [6.07, 6.45) is 2.07. The van der Waals surface area contributed by atoms with Crippen LogP contribution >= 0.6 is 0 Å². The van der Waals surface area contributed by atoms with Crippen molar-refractivity contribution < 1.29 is 51.0 Å². The third-order valence-corrected chi connectivity index (χ3v) is 11.8. The van der Waals surface area contributed by atoms with Crippen LogP contribution in [0.3, 0.4) is 0 Å². The molecule has 0 bridgehead atoms. The number of anilines is 3. The lowest BCUT2D eigenvalue weighted by Crippen LogP contribution is -2.43. The van der Waals surface area contributed by atoms with Crippen LogP contribution in [0.2, 0.25) is 0 Å². The highest BCUT2D eigenvalue weighted by atomic mass is 19.1. The number of carbonyl (C=O) groups excluding carboxylic acids is 2. The summed E-state index contributed by atoms with van der Waals surface area (Å²) in [4.78, 5) is 39.6. The number of ether oxygens (including phenoxy) is 4. The van der Waals surface area contributed by atoms with Crippen molar-refractivity contribution in [3.63, 3.8) is 0 Å². The zero-order chi connectivity index (χ0) is 52.2. The summed E-state index contributed by atoms with van der Waals surface area (Å²) in [5.74, 6) is -5.76. The largest absolute Gasteiger partial charge is 0.451 e. The molecule has 2 aliphatic carbocycles. The number of hydrogen-bond acceptors (Lipinski definition) is 11. The molecule has 6 N–H and O–H groups in total. The quantitative estimate of drug-likeness (QED) is 0.0483. The highest BCUT2D eigenvalue weighted by Crippen LogP contribution is 2.38. The van der Waals surface area contributed by atoms with Crippen molar-refractivity contribution >= 4 is 34.9 Å². The number of carbonyl (C=O) groups is 2. The first kappa shape index (κ1) is 51.8. The molecule has 8 rings (SSSR count). The van der Waals surface area contributed by atoms with E-state index >= 15 is 0 Å². The normalized spacial score (nSPS) is 13.3. The lowest BCUT2D eigenvalue weighted by molar-refractivity contribution is -0.384. The smallest absolute Gasteiger partial charge is 0.410 e. The summed E-state index contributed by atoms with van der Waals surface area (Å²) in [6, 6.07) is 30.5. The number of fused-ring (bicyclic) bond motifs is 2. The number of benzene rings is 6. The van der Waals surface area contributed by atoms with Crippen LogP contribution in [0.5, 0.6) is 23.0 Å². The minimum atomic E-state index is -1.35. The summed E-state index contributed by atoms with van der Waals surface area (Å²) in [6.45, 7) is 11.5. The molecule has 18 heteroatoms. The van der Waals surface area contributed by atoms with E-state index in [2.05, 4.69) is 24.3 Å². The number of nitrogens with two attached hydrogens (primary N) is 3. The van der Waals surface area contributed by atoms with E-state index in [-0.39, 0.29) is 41.5 Å². The topological polar surface area (TPSA) is 199 Å². The van der Waals surface area contributed by atoms with Gasteiger partial charge in [0.1, 0.15) is 22.7 Å².